The van der Waals surface area contributed by atoms with Crippen LogP contribution in [-0.2, 0) is 6.18 Å². The highest BCUT2D eigenvalue weighted by Gasteiger charge is 2.36. The maximum absolute atomic E-state index is 13.0. The van der Waals surface area contributed by atoms with Crippen molar-refractivity contribution in [2.24, 2.45) is 0 Å². The monoisotopic (exact) mass is 363 g/mol. The second-order valence-electron chi connectivity index (χ2n) is 5.21. The Morgan fingerprint density at radius 1 is 1.16 bits per heavy atom. The van der Waals surface area contributed by atoms with Crippen molar-refractivity contribution < 1.29 is 23.1 Å². The molecule has 2 heterocycles. The van der Waals surface area contributed by atoms with Crippen LogP contribution in [0.2, 0.25) is 0 Å². The predicted molar refractivity (Wildman–Crippen MR) is 84.9 cm³/mol. The summed E-state index contributed by atoms with van der Waals surface area (Å²) in [4.78, 5) is 19.0. The van der Waals surface area contributed by atoms with Gasteiger partial charge in [0.15, 0.2) is 5.69 Å². The largest absolute Gasteiger partial charge is 0.545 e. The smallest absolute Gasteiger partial charge is 0.434 e. The van der Waals surface area contributed by atoms with Crippen LogP contribution in [0, 0.1) is 6.92 Å². The zero-order chi connectivity index (χ0) is 18.2. The van der Waals surface area contributed by atoms with Crippen molar-refractivity contribution in [3.63, 3.8) is 0 Å². The molecule has 0 fully saturated rings. The van der Waals surface area contributed by atoms with E-state index in [0.29, 0.717) is 10.7 Å². The predicted octanol–water partition coefficient (Wildman–Crippen LogP) is 3.56. The summed E-state index contributed by atoms with van der Waals surface area (Å²) in [6.07, 6.45) is -4.88. The average Bonchev–Trinajstić information content (AvgIpc) is 3.04. The maximum atomic E-state index is 13.0. The van der Waals surface area contributed by atoms with Crippen LogP contribution in [0.1, 0.15) is 21.7 Å². The highest BCUT2D eigenvalue weighted by Crippen LogP contribution is 2.35. The van der Waals surface area contributed by atoms with Crippen LogP contribution in [0.4, 0.5) is 13.2 Å². The Labute approximate surface area is 144 Å². The number of thiazole rings is 1. The van der Waals surface area contributed by atoms with Crippen LogP contribution in [0.15, 0.2) is 41.8 Å². The van der Waals surface area contributed by atoms with Gasteiger partial charge in [0.1, 0.15) is 5.01 Å². The summed E-state index contributed by atoms with van der Waals surface area (Å²) >= 11 is 1.20. The fourth-order valence-electron chi connectivity index (χ4n) is 2.33. The van der Waals surface area contributed by atoms with E-state index in [1.807, 2.05) is 30.3 Å². The number of carboxylic acid groups (broad SMARTS) is 1. The van der Waals surface area contributed by atoms with E-state index in [1.165, 1.54) is 18.3 Å². The van der Waals surface area contributed by atoms with E-state index in [2.05, 4.69) is 9.97 Å². The Morgan fingerprint density at radius 3 is 2.44 bits per heavy atom. The summed E-state index contributed by atoms with van der Waals surface area (Å²) in [5.41, 5.74) is -0.679. The van der Waals surface area contributed by atoms with Gasteiger partial charge in [-0.3, -0.25) is 0 Å². The number of carboxylic acids is 1. The van der Waals surface area contributed by atoms with Gasteiger partial charge in [-0.15, -0.1) is 11.3 Å². The van der Waals surface area contributed by atoms with Crippen molar-refractivity contribution in [2.75, 3.05) is 0 Å². The molecule has 128 valence electrons. The number of aryl methyl sites for hydroxylation is 1. The third-order valence-corrected chi connectivity index (χ3v) is 4.38. The first-order chi connectivity index (χ1) is 11.8. The number of aromatic nitrogens is 2. The lowest BCUT2D eigenvalue weighted by Gasteiger charge is -2.15. The molecular formula is C17H10F3N2O2S-. The lowest BCUT2D eigenvalue weighted by molar-refractivity contribution is -0.255. The average molecular weight is 363 g/mol. The first kappa shape index (κ1) is 17.1. The topological polar surface area (TPSA) is 65.9 Å². The van der Waals surface area contributed by atoms with Crippen molar-refractivity contribution in [1.29, 1.82) is 0 Å². The molecule has 25 heavy (non-hydrogen) atoms. The number of nitrogens with zero attached hydrogens (tertiary/aromatic N) is 2. The molecule has 1 aromatic carbocycles. The van der Waals surface area contributed by atoms with Crippen LogP contribution in [-0.4, -0.2) is 15.9 Å². The molecule has 0 unspecified atom stereocenters. The zero-order valence-electron chi connectivity index (χ0n) is 12.8. The molecule has 2 aromatic heterocycles. The molecule has 0 aliphatic rings. The van der Waals surface area contributed by atoms with E-state index in [4.69, 9.17) is 0 Å². The molecule has 0 aliphatic heterocycles. The molecule has 0 amide bonds. The number of pyridine rings is 1. The molecule has 0 spiro atoms. The highest BCUT2D eigenvalue weighted by molar-refractivity contribution is 7.13. The Hall–Kier alpha value is -2.74. The minimum absolute atomic E-state index is 0.0475. The van der Waals surface area contributed by atoms with E-state index in [-0.39, 0.29) is 11.3 Å². The van der Waals surface area contributed by atoms with Gasteiger partial charge in [0.05, 0.1) is 11.7 Å². The van der Waals surface area contributed by atoms with E-state index >= 15 is 0 Å². The van der Waals surface area contributed by atoms with E-state index in [9.17, 15) is 23.1 Å². The number of benzene rings is 1. The number of carbonyl (C=O) groups excluding carboxylic acids is 1. The minimum Gasteiger partial charge on any atom is -0.545 e. The lowest BCUT2D eigenvalue weighted by atomic mass is 10.1. The second kappa shape index (κ2) is 6.29. The molecule has 3 aromatic rings. The molecule has 0 bridgehead atoms. The van der Waals surface area contributed by atoms with E-state index in [0.717, 1.165) is 11.6 Å². The van der Waals surface area contributed by atoms with Gasteiger partial charge in [-0.25, -0.2) is 9.97 Å². The Morgan fingerprint density at radius 2 is 1.84 bits per heavy atom. The molecule has 0 N–H and O–H groups in total. The number of rotatable bonds is 3. The van der Waals surface area contributed by atoms with Gasteiger partial charge in [0.25, 0.3) is 0 Å². The SMILES string of the molecule is Cc1nc(C(F)(F)F)c(C(=O)[O-])cc1-c1nc(-c2ccccc2)cs1. The first-order valence-corrected chi connectivity index (χ1v) is 7.97. The fourth-order valence-corrected chi connectivity index (χ4v) is 3.23. The van der Waals surface area contributed by atoms with Crippen molar-refractivity contribution >= 4 is 17.3 Å². The van der Waals surface area contributed by atoms with Crippen LogP contribution in [0.5, 0.6) is 0 Å². The number of halogens is 3. The summed E-state index contributed by atoms with van der Waals surface area (Å²) in [5, 5.41) is 13.3. The molecule has 0 saturated carbocycles. The zero-order valence-corrected chi connectivity index (χ0v) is 13.6. The van der Waals surface area contributed by atoms with Crippen LogP contribution in [0.25, 0.3) is 21.8 Å². The van der Waals surface area contributed by atoms with Crippen molar-refractivity contribution in [1.82, 2.24) is 9.97 Å². The number of carbonyl (C=O) groups is 1. The van der Waals surface area contributed by atoms with Gasteiger partial charge >= 0.3 is 6.18 Å². The molecular weight excluding hydrogens is 353 g/mol. The van der Waals surface area contributed by atoms with Gasteiger partial charge in [0.2, 0.25) is 0 Å². The number of hydrogen-bond donors (Lipinski definition) is 0. The van der Waals surface area contributed by atoms with Crippen molar-refractivity contribution in [3.8, 4) is 21.8 Å². The van der Waals surface area contributed by atoms with Crippen molar-refractivity contribution in [3.05, 3.63) is 58.7 Å². The summed E-state index contributed by atoms with van der Waals surface area (Å²) in [6, 6.07) is 10.2. The molecule has 0 radical (unpaired) electrons. The maximum Gasteiger partial charge on any atom is 0.434 e. The summed E-state index contributed by atoms with van der Waals surface area (Å²) in [5.74, 6) is -1.93. The first-order valence-electron chi connectivity index (χ1n) is 7.09. The van der Waals surface area contributed by atoms with Gasteiger partial charge in [-0.1, -0.05) is 30.3 Å². The molecule has 8 heteroatoms. The van der Waals surface area contributed by atoms with Crippen LogP contribution in [0.3, 0.4) is 0 Å². The molecule has 4 nitrogen and oxygen atoms in total. The standard InChI is InChI=1S/C17H11F3N2O2S/c1-9-11(7-12(16(23)24)14(21-9)17(18,19)20)15-22-13(8-25-15)10-5-3-2-4-6-10/h2-8H,1H3,(H,23,24)/p-1. The van der Waals surface area contributed by atoms with Gasteiger partial charge in [0, 0.05) is 27.8 Å². The Bertz CT molecular complexity index is 937. The summed E-state index contributed by atoms with van der Waals surface area (Å²) in [7, 11) is 0. The number of aromatic carboxylic acids is 1. The lowest BCUT2D eigenvalue weighted by Crippen LogP contribution is -2.27. The third-order valence-electron chi connectivity index (χ3n) is 3.51. The second-order valence-corrected chi connectivity index (χ2v) is 6.06. The van der Waals surface area contributed by atoms with Crippen LogP contribution >= 0.6 is 11.3 Å². The fraction of sp³-hybridized carbons (Fsp3) is 0.118. The molecule has 0 aliphatic carbocycles. The third kappa shape index (κ3) is 3.39. The Kier molecular flexibility index (Phi) is 4.30. The van der Waals surface area contributed by atoms with E-state index < -0.39 is 23.4 Å². The normalized spacial score (nSPS) is 11.5. The van der Waals surface area contributed by atoms with Gasteiger partial charge < -0.3 is 9.90 Å². The molecule has 0 saturated heterocycles. The Balaban J connectivity index is 2.11. The minimum atomic E-state index is -4.88. The molecule has 3 rings (SSSR count). The summed E-state index contributed by atoms with van der Waals surface area (Å²) in [6.45, 7) is 1.38. The number of hydrogen-bond acceptors (Lipinski definition) is 5. The van der Waals surface area contributed by atoms with Crippen LogP contribution < -0.4 is 5.11 Å². The van der Waals surface area contributed by atoms with E-state index in [1.54, 1.807) is 5.38 Å². The highest BCUT2D eigenvalue weighted by atomic mass is 32.1. The number of alkyl halides is 3. The molecule has 0 atom stereocenters. The van der Waals surface area contributed by atoms with Gasteiger partial charge in [-0.05, 0) is 13.0 Å². The van der Waals surface area contributed by atoms with Crippen molar-refractivity contribution in [2.45, 2.75) is 13.1 Å². The van der Waals surface area contributed by atoms with Gasteiger partial charge in [-0.2, -0.15) is 13.2 Å². The summed E-state index contributed by atoms with van der Waals surface area (Å²) < 4.78 is 38.9. The quantitative estimate of drug-likeness (QED) is 0.714.